The lowest BCUT2D eigenvalue weighted by molar-refractivity contribution is 0.641. The second-order valence-electron chi connectivity index (χ2n) is 2.53. The molecule has 1 aliphatic rings. The number of nitrogens with zero attached hydrogens (tertiary/aromatic N) is 2. The average molecular weight is 134 g/mol. The third-order valence-electron chi connectivity index (χ3n) is 1.62. The van der Waals surface area contributed by atoms with Gasteiger partial charge in [-0.1, -0.05) is 6.08 Å². The molecular weight excluding hydrogens is 124 g/mol. The second-order valence-corrected chi connectivity index (χ2v) is 2.53. The average Bonchev–Trinajstić information content (AvgIpc) is 1.88. The van der Waals surface area contributed by atoms with Gasteiger partial charge in [0.25, 0.3) is 0 Å². The van der Waals surface area contributed by atoms with Gasteiger partial charge in [0, 0.05) is 5.71 Å². The quantitative estimate of drug-likeness (QED) is 0.495. The molecule has 2 unspecified atom stereocenters. The summed E-state index contributed by atoms with van der Waals surface area (Å²) in [6.07, 6.45) is 3.81. The third kappa shape index (κ3) is 1.24. The molecule has 0 saturated heterocycles. The van der Waals surface area contributed by atoms with Crippen molar-refractivity contribution in [3.05, 3.63) is 12.2 Å². The molecule has 0 spiro atoms. The number of nitriles is 1. The molecule has 52 valence electrons. The molecule has 0 aromatic rings. The number of dihydropyridines is 1. The molecule has 0 saturated carbocycles. The van der Waals surface area contributed by atoms with Crippen LogP contribution < -0.4 is 0 Å². The molecule has 2 nitrogen and oxygen atoms in total. The summed E-state index contributed by atoms with van der Waals surface area (Å²) in [5.41, 5.74) is 1.01. The van der Waals surface area contributed by atoms with Crippen molar-refractivity contribution in [3.63, 3.8) is 0 Å². The smallest absolute Gasteiger partial charge is 0.0868 e. The summed E-state index contributed by atoms with van der Waals surface area (Å²) in [6.45, 7) is 3.90. The van der Waals surface area contributed by atoms with Gasteiger partial charge in [0.1, 0.15) is 0 Å². The Balaban J connectivity index is 2.76. The van der Waals surface area contributed by atoms with Gasteiger partial charge in [-0.3, -0.25) is 4.99 Å². The molecule has 0 aromatic carbocycles. The summed E-state index contributed by atoms with van der Waals surface area (Å²) in [5, 5.41) is 8.58. The normalized spacial score (nSPS) is 31.1. The summed E-state index contributed by atoms with van der Waals surface area (Å²) in [6, 6.07) is 2.31. The first kappa shape index (κ1) is 7.01. The molecule has 1 heterocycles. The van der Waals surface area contributed by atoms with Crippen LogP contribution in [0.15, 0.2) is 17.1 Å². The van der Waals surface area contributed by atoms with Crippen LogP contribution in [0.1, 0.15) is 13.8 Å². The standard InChI is InChI=1S/C8H10N2/c1-6-3-4-8(5-9)7(2)10-6/h3-4,7-8H,1-2H3. The van der Waals surface area contributed by atoms with Crippen LogP contribution >= 0.6 is 0 Å². The van der Waals surface area contributed by atoms with Crippen LogP contribution in [0.25, 0.3) is 0 Å². The lowest BCUT2D eigenvalue weighted by Crippen LogP contribution is -2.16. The minimum Gasteiger partial charge on any atom is -0.285 e. The number of rotatable bonds is 0. The maximum Gasteiger partial charge on any atom is 0.0868 e. The Morgan fingerprint density at radius 3 is 2.90 bits per heavy atom. The molecule has 0 fully saturated rings. The van der Waals surface area contributed by atoms with Gasteiger partial charge in [-0.15, -0.1) is 0 Å². The van der Waals surface area contributed by atoms with E-state index in [1.807, 2.05) is 26.0 Å². The van der Waals surface area contributed by atoms with Crippen molar-refractivity contribution in [1.82, 2.24) is 0 Å². The molecule has 0 aromatic heterocycles. The Bertz CT molecular complexity index is 220. The highest BCUT2D eigenvalue weighted by Crippen LogP contribution is 2.12. The molecule has 2 heteroatoms. The zero-order chi connectivity index (χ0) is 7.56. The Morgan fingerprint density at radius 1 is 1.70 bits per heavy atom. The lowest BCUT2D eigenvalue weighted by Gasteiger charge is -2.13. The van der Waals surface area contributed by atoms with E-state index >= 15 is 0 Å². The van der Waals surface area contributed by atoms with Gasteiger partial charge in [0.2, 0.25) is 0 Å². The number of aliphatic imine (C=N–C) groups is 1. The summed E-state index contributed by atoms with van der Waals surface area (Å²) < 4.78 is 0. The van der Waals surface area contributed by atoms with Crippen molar-refractivity contribution < 1.29 is 0 Å². The third-order valence-corrected chi connectivity index (χ3v) is 1.62. The number of hydrogen-bond acceptors (Lipinski definition) is 2. The minimum atomic E-state index is -0.0244. The Kier molecular flexibility index (Phi) is 1.86. The molecule has 0 amide bonds. The summed E-state index contributed by atoms with van der Waals surface area (Å²) in [4.78, 5) is 4.24. The maximum absolute atomic E-state index is 8.58. The predicted octanol–water partition coefficient (Wildman–Crippen LogP) is 1.55. The summed E-state index contributed by atoms with van der Waals surface area (Å²) in [5.74, 6) is -0.0244. The minimum absolute atomic E-state index is 0.0244. The van der Waals surface area contributed by atoms with Gasteiger partial charge in [0.15, 0.2) is 0 Å². The Morgan fingerprint density at radius 2 is 2.40 bits per heavy atom. The molecule has 2 atom stereocenters. The first-order chi connectivity index (χ1) is 4.74. The molecule has 0 aliphatic carbocycles. The van der Waals surface area contributed by atoms with Crippen molar-refractivity contribution >= 4 is 5.71 Å². The zero-order valence-corrected chi connectivity index (χ0v) is 6.20. The lowest BCUT2D eigenvalue weighted by atomic mass is 10.00. The van der Waals surface area contributed by atoms with Gasteiger partial charge in [-0.25, -0.2) is 0 Å². The first-order valence-corrected chi connectivity index (χ1v) is 3.36. The van der Waals surface area contributed by atoms with Crippen molar-refractivity contribution in [3.8, 4) is 6.07 Å². The summed E-state index contributed by atoms with van der Waals surface area (Å²) >= 11 is 0. The van der Waals surface area contributed by atoms with Crippen molar-refractivity contribution in [2.45, 2.75) is 19.9 Å². The monoisotopic (exact) mass is 134 g/mol. The van der Waals surface area contributed by atoms with Crippen LogP contribution in [0.4, 0.5) is 0 Å². The predicted molar refractivity (Wildman–Crippen MR) is 40.8 cm³/mol. The highest BCUT2D eigenvalue weighted by molar-refractivity contribution is 5.93. The van der Waals surface area contributed by atoms with Crippen LogP contribution in [0.5, 0.6) is 0 Å². The van der Waals surface area contributed by atoms with E-state index in [0.29, 0.717) is 0 Å². The van der Waals surface area contributed by atoms with E-state index in [0.717, 1.165) is 5.71 Å². The van der Waals surface area contributed by atoms with Gasteiger partial charge < -0.3 is 0 Å². The van der Waals surface area contributed by atoms with E-state index in [2.05, 4.69) is 11.1 Å². The van der Waals surface area contributed by atoms with Gasteiger partial charge >= 0.3 is 0 Å². The molecule has 0 N–H and O–H groups in total. The molecule has 0 radical (unpaired) electrons. The molecule has 0 bridgehead atoms. The molecule has 1 aliphatic heterocycles. The van der Waals surface area contributed by atoms with Gasteiger partial charge in [-0.05, 0) is 19.9 Å². The fraction of sp³-hybridized carbons (Fsp3) is 0.500. The number of hydrogen-bond donors (Lipinski definition) is 0. The van der Waals surface area contributed by atoms with Crippen LogP contribution in [-0.2, 0) is 0 Å². The van der Waals surface area contributed by atoms with E-state index in [1.165, 1.54) is 0 Å². The highest BCUT2D eigenvalue weighted by atomic mass is 14.8. The second kappa shape index (κ2) is 2.66. The maximum atomic E-state index is 8.58. The Labute approximate surface area is 60.9 Å². The van der Waals surface area contributed by atoms with Crippen molar-refractivity contribution in [2.75, 3.05) is 0 Å². The zero-order valence-electron chi connectivity index (χ0n) is 6.20. The Hall–Kier alpha value is -1.10. The van der Waals surface area contributed by atoms with Crippen LogP contribution in [0.3, 0.4) is 0 Å². The van der Waals surface area contributed by atoms with Crippen molar-refractivity contribution in [2.24, 2.45) is 10.9 Å². The largest absolute Gasteiger partial charge is 0.285 e. The van der Waals surface area contributed by atoms with Crippen LogP contribution in [0.2, 0.25) is 0 Å². The molecule has 10 heavy (non-hydrogen) atoms. The summed E-state index contributed by atoms with van der Waals surface area (Å²) in [7, 11) is 0. The SMILES string of the molecule is CC1=NC(C)C(C#N)C=C1. The van der Waals surface area contributed by atoms with Gasteiger partial charge in [-0.2, -0.15) is 5.26 Å². The van der Waals surface area contributed by atoms with Gasteiger partial charge in [0.05, 0.1) is 18.0 Å². The number of allylic oxidation sites excluding steroid dienone is 1. The van der Waals surface area contributed by atoms with E-state index < -0.39 is 0 Å². The fourth-order valence-corrected chi connectivity index (χ4v) is 0.999. The van der Waals surface area contributed by atoms with E-state index in [4.69, 9.17) is 5.26 Å². The van der Waals surface area contributed by atoms with E-state index in [9.17, 15) is 0 Å². The van der Waals surface area contributed by atoms with Crippen LogP contribution in [-0.4, -0.2) is 11.8 Å². The molecule has 1 rings (SSSR count). The first-order valence-electron chi connectivity index (χ1n) is 3.36. The highest BCUT2D eigenvalue weighted by Gasteiger charge is 2.14. The fourth-order valence-electron chi connectivity index (χ4n) is 0.999. The van der Waals surface area contributed by atoms with E-state index in [-0.39, 0.29) is 12.0 Å². The van der Waals surface area contributed by atoms with E-state index in [1.54, 1.807) is 0 Å². The van der Waals surface area contributed by atoms with Crippen LogP contribution in [0, 0.1) is 17.2 Å². The topological polar surface area (TPSA) is 36.1 Å². The van der Waals surface area contributed by atoms with Crippen molar-refractivity contribution in [1.29, 1.82) is 5.26 Å². The molecular formula is C8H10N2.